The normalized spacial score (nSPS) is 17.0. The number of carbonyl (C=O) groups is 1. The van der Waals surface area contributed by atoms with Crippen LogP contribution in [-0.4, -0.2) is 57.6 Å². The summed E-state index contributed by atoms with van der Waals surface area (Å²) in [6.07, 6.45) is 9.65. The van der Waals surface area contributed by atoms with Gasteiger partial charge in [0, 0.05) is 57.2 Å². The molecule has 0 atom stereocenters. The fourth-order valence-electron chi connectivity index (χ4n) is 5.39. The van der Waals surface area contributed by atoms with Crippen LogP contribution in [0.1, 0.15) is 48.9 Å². The molecule has 5 rings (SSSR count). The summed E-state index contributed by atoms with van der Waals surface area (Å²) in [4.78, 5) is 24.6. The van der Waals surface area contributed by atoms with E-state index in [0.717, 1.165) is 69.1 Å². The van der Waals surface area contributed by atoms with Crippen molar-refractivity contribution in [1.82, 2.24) is 19.4 Å². The zero-order chi connectivity index (χ0) is 24.7. The molecule has 3 aromatic rings. The van der Waals surface area contributed by atoms with Crippen molar-refractivity contribution in [2.45, 2.75) is 51.2 Å². The number of urea groups is 1. The van der Waals surface area contributed by atoms with Crippen LogP contribution in [0.25, 0.3) is 0 Å². The number of para-hydroxylation sites is 1. The lowest BCUT2D eigenvalue weighted by Crippen LogP contribution is -2.55. The summed E-state index contributed by atoms with van der Waals surface area (Å²) in [7, 11) is 0. The van der Waals surface area contributed by atoms with E-state index in [4.69, 9.17) is 5.26 Å². The third-order valence-corrected chi connectivity index (χ3v) is 7.44. The number of imidazole rings is 1. The van der Waals surface area contributed by atoms with E-state index in [1.807, 2.05) is 59.9 Å². The maximum Gasteiger partial charge on any atom is 0.324 e. The van der Waals surface area contributed by atoms with Crippen LogP contribution in [0.2, 0.25) is 0 Å². The number of piperazine rings is 1. The van der Waals surface area contributed by atoms with Gasteiger partial charge in [-0.1, -0.05) is 49.6 Å². The molecule has 0 unspecified atom stereocenters. The Labute approximate surface area is 213 Å². The van der Waals surface area contributed by atoms with Gasteiger partial charge in [-0.05, 0) is 42.7 Å². The lowest BCUT2D eigenvalue weighted by Gasteiger charge is -2.41. The topological polar surface area (TPSA) is 68.4 Å². The van der Waals surface area contributed by atoms with Gasteiger partial charge in [0.2, 0.25) is 0 Å². The van der Waals surface area contributed by atoms with Gasteiger partial charge < -0.3 is 9.47 Å². The molecule has 1 aromatic heterocycles. The number of carbonyl (C=O) groups excluding carboxylic acids is 1. The first-order chi connectivity index (χ1) is 17.7. The first-order valence-corrected chi connectivity index (χ1v) is 13.0. The van der Waals surface area contributed by atoms with Gasteiger partial charge >= 0.3 is 6.03 Å². The molecule has 2 aromatic carbocycles. The molecule has 0 radical (unpaired) electrons. The van der Waals surface area contributed by atoms with Crippen LogP contribution < -0.4 is 4.90 Å². The molecule has 2 aliphatic rings. The first kappa shape index (κ1) is 24.1. The molecule has 0 spiro atoms. The van der Waals surface area contributed by atoms with Gasteiger partial charge in [0.15, 0.2) is 0 Å². The standard InChI is InChI=1S/C29H34N6O/c30-19-24-11-13-25(14-12-24)21-34-23-31-20-28(34)22-32-15-17-33(18-16-32)29(36)35(26-7-3-1-4-8-26)27-9-5-2-6-10-27/h1,3-4,7-8,11-14,20,23,27H,2,5-6,9-10,15-18,21-22H2. The number of amides is 2. The van der Waals surface area contributed by atoms with Crippen LogP contribution in [-0.2, 0) is 13.1 Å². The van der Waals surface area contributed by atoms with Gasteiger partial charge in [-0.15, -0.1) is 0 Å². The number of benzene rings is 2. The Morgan fingerprint density at radius 1 is 0.944 bits per heavy atom. The SMILES string of the molecule is N#Cc1ccc(Cn2cncc2CN2CCN(C(=O)N(c3ccccc3)C3CCCCC3)CC2)cc1. The zero-order valence-corrected chi connectivity index (χ0v) is 20.8. The predicted molar refractivity (Wildman–Crippen MR) is 141 cm³/mol. The van der Waals surface area contributed by atoms with E-state index < -0.39 is 0 Å². The fraction of sp³-hybridized carbons (Fsp3) is 0.414. The van der Waals surface area contributed by atoms with Crippen LogP contribution in [0.3, 0.4) is 0 Å². The number of rotatable bonds is 6. The van der Waals surface area contributed by atoms with Gasteiger partial charge in [0.05, 0.1) is 23.7 Å². The molecule has 2 heterocycles. The van der Waals surface area contributed by atoms with Crippen LogP contribution in [0.5, 0.6) is 0 Å². The van der Waals surface area contributed by atoms with Crippen molar-refractivity contribution in [1.29, 1.82) is 5.26 Å². The van der Waals surface area contributed by atoms with Crippen molar-refractivity contribution >= 4 is 11.7 Å². The highest BCUT2D eigenvalue weighted by atomic mass is 16.2. The summed E-state index contributed by atoms with van der Waals surface area (Å²) in [6.45, 7) is 4.70. The zero-order valence-electron chi connectivity index (χ0n) is 20.8. The number of anilines is 1. The molecule has 36 heavy (non-hydrogen) atoms. The van der Waals surface area contributed by atoms with E-state index in [-0.39, 0.29) is 6.03 Å². The van der Waals surface area contributed by atoms with Crippen molar-refractivity contribution in [2.24, 2.45) is 0 Å². The Balaban J connectivity index is 1.20. The molecule has 7 nitrogen and oxygen atoms in total. The second-order valence-electron chi connectivity index (χ2n) is 9.86. The highest BCUT2D eigenvalue weighted by Gasteiger charge is 2.32. The molecule has 186 valence electrons. The summed E-state index contributed by atoms with van der Waals surface area (Å²) in [6, 6.07) is 20.5. The molecule has 0 N–H and O–H groups in total. The lowest BCUT2D eigenvalue weighted by atomic mass is 9.94. The lowest BCUT2D eigenvalue weighted by molar-refractivity contribution is 0.135. The smallest absolute Gasteiger partial charge is 0.324 e. The highest BCUT2D eigenvalue weighted by molar-refractivity contribution is 5.92. The maximum atomic E-state index is 13.7. The van der Waals surface area contributed by atoms with Gasteiger partial charge in [-0.25, -0.2) is 9.78 Å². The molecule has 2 fully saturated rings. The molecule has 7 heteroatoms. The molecule has 1 saturated carbocycles. The number of aromatic nitrogens is 2. The molecular weight excluding hydrogens is 448 g/mol. The van der Waals surface area contributed by atoms with E-state index in [1.165, 1.54) is 19.3 Å². The molecule has 2 amide bonds. The average molecular weight is 483 g/mol. The second-order valence-corrected chi connectivity index (χ2v) is 9.86. The summed E-state index contributed by atoms with van der Waals surface area (Å²) < 4.78 is 2.17. The Kier molecular flexibility index (Phi) is 7.63. The Morgan fingerprint density at radius 2 is 1.67 bits per heavy atom. The minimum atomic E-state index is 0.151. The van der Waals surface area contributed by atoms with Gasteiger partial charge in [-0.3, -0.25) is 9.80 Å². The van der Waals surface area contributed by atoms with E-state index in [0.29, 0.717) is 11.6 Å². The van der Waals surface area contributed by atoms with Crippen LogP contribution in [0.4, 0.5) is 10.5 Å². The first-order valence-electron chi connectivity index (χ1n) is 13.0. The number of nitriles is 1. The van der Waals surface area contributed by atoms with E-state index >= 15 is 0 Å². The Hall–Kier alpha value is -3.63. The van der Waals surface area contributed by atoms with Gasteiger partial charge in [0.25, 0.3) is 0 Å². The van der Waals surface area contributed by atoms with E-state index in [9.17, 15) is 4.79 Å². The van der Waals surface area contributed by atoms with Crippen molar-refractivity contribution < 1.29 is 4.79 Å². The maximum absolute atomic E-state index is 13.7. The van der Waals surface area contributed by atoms with Crippen LogP contribution >= 0.6 is 0 Å². The quantitative estimate of drug-likeness (QED) is 0.502. The van der Waals surface area contributed by atoms with Crippen molar-refractivity contribution in [3.63, 3.8) is 0 Å². The predicted octanol–water partition coefficient (Wildman–Crippen LogP) is 4.88. The fourth-order valence-corrected chi connectivity index (χ4v) is 5.39. The summed E-state index contributed by atoms with van der Waals surface area (Å²) in [5, 5.41) is 9.02. The van der Waals surface area contributed by atoms with Crippen molar-refractivity contribution in [3.8, 4) is 6.07 Å². The monoisotopic (exact) mass is 482 g/mol. The molecule has 0 bridgehead atoms. The van der Waals surface area contributed by atoms with Crippen LogP contribution in [0.15, 0.2) is 67.1 Å². The minimum absolute atomic E-state index is 0.151. The third kappa shape index (κ3) is 5.60. The molecule has 1 aliphatic carbocycles. The summed E-state index contributed by atoms with van der Waals surface area (Å²) in [5.41, 5.74) is 3.99. The number of hydrogen-bond acceptors (Lipinski definition) is 4. The van der Waals surface area contributed by atoms with Gasteiger partial charge in [0.1, 0.15) is 0 Å². The minimum Gasteiger partial charge on any atom is -0.329 e. The molecule has 1 saturated heterocycles. The average Bonchev–Trinajstić information content (AvgIpc) is 3.37. The van der Waals surface area contributed by atoms with Crippen LogP contribution in [0, 0.1) is 11.3 Å². The summed E-state index contributed by atoms with van der Waals surface area (Å²) >= 11 is 0. The summed E-state index contributed by atoms with van der Waals surface area (Å²) in [5.74, 6) is 0. The molecule has 1 aliphatic heterocycles. The highest BCUT2D eigenvalue weighted by Crippen LogP contribution is 2.29. The third-order valence-electron chi connectivity index (χ3n) is 7.44. The Morgan fingerprint density at radius 3 is 2.36 bits per heavy atom. The number of nitrogens with zero attached hydrogens (tertiary/aromatic N) is 6. The van der Waals surface area contributed by atoms with Crippen molar-refractivity contribution in [2.75, 3.05) is 31.1 Å². The van der Waals surface area contributed by atoms with E-state index in [1.54, 1.807) is 0 Å². The largest absolute Gasteiger partial charge is 0.329 e. The van der Waals surface area contributed by atoms with E-state index in [2.05, 4.69) is 37.6 Å². The molecular formula is C29H34N6O. The number of hydrogen-bond donors (Lipinski definition) is 0. The van der Waals surface area contributed by atoms with Gasteiger partial charge in [-0.2, -0.15) is 5.26 Å². The second kappa shape index (κ2) is 11.4. The Bertz CT molecular complexity index is 1170. The van der Waals surface area contributed by atoms with Crippen molar-refractivity contribution in [3.05, 3.63) is 83.9 Å².